The summed E-state index contributed by atoms with van der Waals surface area (Å²) in [5, 5.41) is 2.87. The molecule has 0 radical (unpaired) electrons. The Morgan fingerprint density at radius 3 is 2.79 bits per heavy atom. The zero-order valence-corrected chi connectivity index (χ0v) is 16.5. The first-order valence-electron chi connectivity index (χ1n) is 9.58. The van der Waals surface area contributed by atoms with E-state index in [1.54, 1.807) is 12.1 Å². The van der Waals surface area contributed by atoms with Crippen molar-refractivity contribution in [3.8, 4) is 5.75 Å². The second kappa shape index (κ2) is 8.22. The minimum atomic E-state index is -0.264. The van der Waals surface area contributed by atoms with Gasteiger partial charge in [-0.25, -0.2) is 4.98 Å². The van der Waals surface area contributed by atoms with Gasteiger partial charge in [-0.2, -0.15) is 0 Å². The number of fused-ring (bicyclic) bond motifs is 1. The lowest BCUT2D eigenvalue weighted by Gasteiger charge is -2.13. The molecule has 4 rings (SSSR count). The molecule has 29 heavy (non-hydrogen) atoms. The van der Waals surface area contributed by atoms with Gasteiger partial charge >= 0.3 is 0 Å². The lowest BCUT2D eigenvalue weighted by molar-refractivity contribution is 0.0921. The quantitative estimate of drug-likeness (QED) is 0.513. The Kier molecular flexibility index (Phi) is 5.33. The smallest absolute Gasteiger partial charge is 0.287 e. The molecule has 0 aliphatic carbocycles. The minimum Gasteiger partial charge on any atom is -0.491 e. The first-order chi connectivity index (χ1) is 14.1. The first-order valence-corrected chi connectivity index (χ1v) is 9.58. The molecular formula is C23H23N3O3. The highest BCUT2D eigenvalue weighted by Gasteiger charge is 2.14. The van der Waals surface area contributed by atoms with Gasteiger partial charge in [0.25, 0.3) is 5.91 Å². The molecule has 0 aliphatic heterocycles. The Hall–Kier alpha value is -3.54. The van der Waals surface area contributed by atoms with E-state index in [1.807, 2.05) is 36.4 Å². The molecule has 0 aliphatic rings. The fourth-order valence-corrected chi connectivity index (χ4v) is 3.29. The highest BCUT2D eigenvalue weighted by Crippen LogP contribution is 2.21. The van der Waals surface area contributed by atoms with Crippen LogP contribution in [0.3, 0.4) is 0 Å². The van der Waals surface area contributed by atoms with Gasteiger partial charge in [-0.15, -0.1) is 0 Å². The summed E-state index contributed by atoms with van der Waals surface area (Å²) < 4.78 is 13.3. The molecule has 6 nitrogen and oxygen atoms in total. The van der Waals surface area contributed by atoms with Gasteiger partial charge in [0, 0.05) is 0 Å². The van der Waals surface area contributed by atoms with E-state index in [0.29, 0.717) is 19.7 Å². The molecule has 2 aromatic carbocycles. The summed E-state index contributed by atoms with van der Waals surface area (Å²) in [6.45, 7) is 5.57. The van der Waals surface area contributed by atoms with E-state index < -0.39 is 0 Å². The Morgan fingerprint density at radius 2 is 1.97 bits per heavy atom. The van der Waals surface area contributed by atoms with Crippen molar-refractivity contribution in [3.63, 3.8) is 0 Å². The number of ether oxygens (including phenoxy) is 1. The molecule has 0 atom stereocenters. The van der Waals surface area contributed by atoms with Gasteiger partial charge in [-0.05, 0) is 55.3 Å². The highest BCUT2D eigenvalue weighted by atomic mass is 16.5. The van der Waals surface area contributed by atoms with Crippen LogP contribution in [0.2, 0.25) is 0 Å². The summed E-state index contributed by atoms with van der Waals surface area (Å²) in [7, 11) is 0. The predicted octanol–water partition coefficient (Wildman–Crippen LogP) is 4.26. The Bertz CT molecular complexity index is 1130. The molecule has 4 aromatic rings. The molecule has 148 valence electrons. The van der Waals surface area contributed by atoms with Crippen LogP contribution in [0.1, 0.15) is 27.5 Å². The van der Waals surface area contributed by atoms with Crippen molar-refractivity contribution in [2.45, 2.75) is 26.9 Å². The van der Waals surface area contributed by atoms with E-state index in [2.05, 4.69) is 34.8 Å². The van der Waals surface area contributed by atoms with Crippen LogP contribution in [-0.4, -0.2) is 22.1 Å². The number of carbonyl (C=O) groups excluding carboxylic acids is 1. The fourth-order valence-electron chi connectivity index (χ4n) is 3.29. The number of furan rings is 1. The number of para-hydroxylation sites is 2. The summed E-state index contributed by atoms with van der Waals surface area (Å²) in [6.07, 6.45) is 1.48. The number of aromatic nitrogens is 2. The zero-order chi connectivity index (χ0) is 20.2. The molecule has 0 saturated heterocycles. The Labute approximate surface area is 169 Å². The summed E-state index contributed by atoms with van der Waals surface area (Å²) >= 11 is 0. The van der Waals surface area contributed by atoms with E-state index in [4.69, 9.17) is 9.15 Å². The maximum absolute atomic E-state index is 12.2. The monoisotopic (exact) mass is 389 g/mol. The third kappa shape index (κ3) is 4.01. The van der Waals surface area contributed by atoms with E-state index in [0.717, 1.165) is 28.2 Å². The molecule has 2 heterocycles. The zero-order valence-electron chi connectivity index (χ0n) is 16.5. The third-order valence-corrected chi connectivity index (χ3v) is 5.01. The number of amides is 1. The van der Waals surface area contributed by atoms with Crippen molar-refractivity contribution in [2.24, 2.45) is 0 Å². The SMILES string of the molecule is Cc1cccc(OCCn2c(CNC(=O)c3ccco3)nc3ccccc32)c1C. The molecule has 1 N–H and O–H groups in total. The molecule has 0 fully saturated rings. The minimum absolute atomic E-state index is 0.264. The van der Waals surface area contributed by atoms with Gasteiger partial charge in [0.2, 0.25) is 0 Å². The van der Waals surface area contributed by atoms with Crippen LogP contribution in [0, 0.1) is 13.8 Å². The van der Waals surface area contributed by atoms with Crippen molar-refractivity contribution in [2.75, 3.05) is 6.61 Å². The number of benzene rings is 2. The van der Waals surface area contributed by atoms with Crippen LogP contribution >= 0.6 is 0 Å². The van der Waals surface area contributed by atoms with Gasteiger partial charge < -0.3 is 19.0 Å². The number of hydrogen-bond donors (Lipinski definition) is 1. The van der Waals surface area contributed by atoms with E-state index in [1.165, 1.54) is 11.8 Å². The van der Waals surface area contributed by atoms with Gasteiger partial charge in [0.05, 0.1) is 30.4 Å². The molecule has 0 bridgehead atoms. The summed E-state index contributed by atoms with van der Waals surface area (Å²) in [5.41, 5.74) is 4.26. The van der Waals surface area contributed by atoms with Crippen LogP contribution in [0.4, 0.5) is 0 Å². The number of aryl methyl sites for hydroxylation is 1. The van der Waals surface area contributed by atoms with Crippen molar-refractivity contribution < 1.29 is 13.9 Å². The van der Waals surface area contributed by atoms with Gasteiger partial charge in [-0.1, -0.05) is 24.3 Å². The van der Waals surface area contributed by atoms with Gasteiger partial charge in [0.15, 0.2) is 5.76 Å². The van der Waals surface area contributed by atoms with Crippen molar-refractivity contribution in [1.29, 1.82) is 0 Å². The fraction of sp³-hybridized carbons (Fsp3) is 0.217. The molecule has 2 aromatic heterocycles. The summed E-state index contributed by atoms with van der Waals surface area (Å²) in [5.74, 6) is 1.68. The Balaban J connectivity index is 1.50. The maximum Gasteiger partial charge on any atom is 0.287 e. The molecular weight excluding hydrogens is 366 g/mol. The molecule has 0 unspecified atom stereocenters. The normalized spacial score (nSPS) is 11.0. The Morgan fingerprint density at radius 1 is 1.10 bits per heavy atom. The van der Waals surface area contributed by atoms with E-state index >= 15 is 0 Å². The van der Waals surface area contributed by atoms with Crippen LogP contribution in [-0.2, 0) is 13.1 Å². The van der Waals surface area contributed by atoms with Crippen molar-refractivity contribution in [3.05, 3.63) is 83.6 Å². The number of nitrogens with zero attached hydrogens (tertiary/aromatic N) is 2. The van der Waals surface area contributed by atoms with Crippen molar-refractivity contribution >= 4 is 16.9 Å². The number of nitrogens with one attached hydrogen (secondary N) is 1. The summed E-state index contributed by atoms with van der Waals surface area (Å²) in [6, 6.07) is 17.3. The molecule has 6 heteroatoms. The number of rotatable bonds is 7. The average Bonchev–Trinajstić information content (AvgIpc) is 3.38. The largest absolute Gasteiger partial charge is 0.491 e. The third-order valence-electron chi connectivity index (χ3n) is 5.01. The van der Waals surface area contributed by atoms with Crippen molar-refractivity contribution in [1.82, 2.24) is 14.9 Å². The topological polar surface area (TPSA) is 69.3 Å². The number of carbonyl (C=O) groups is 1. The van der Waals surface area contributed by atoms with Crippen LogP contribution < -0.4 is 10.1 Å². The van der Waals surface area contributed by atoms with Gasteiger partial charge in [-0.3, -0.25) is 4.79 Å². The maximum atomic E-state index is 12.2. The highest BCUT2D eigenvalue weighted by molar-refractivity contribution is 5.91. The van der Waals surface area contributed by atoms with Crippen LogP contribution in [0.5, 0.6) is 5.75 Å². The van der Waals surface area contributed by atoms with E-state index in [9.17, 15) is 4.79 Å². The average molecular weight is 389 g/mol. The number of imidazole rings is 1. The lowest BCUT2D eigenvalue weighted by atomic mass is 10.1. The predicted molar refractivity (Wildman–Crippen MR) is 111 cm³/mol. The first kappa shape index (κ1) is 18.8. The molecule has 0 saturated carbocycles. The molecule has 0 spiro atoms. The lowest BCUT2D eigenvalue weighted by Crippen LogP contribution is -2.25. The standard InChI is InChI=1S/C23H23N3O3/c1-16-7-5-10-20(17(16)2)29-14-12-26-19-9-4-3-8-18(19)25-22(26)15-24-23(27)21-11-6-13-28-21/h3-11,13H,12,14-15H2,1-2H3,(H,24,27). The second-order valence-electron chi connectivity index (χ2n) is 6.87. The van der Waals surface area contributed by atoms with Crippen LogP contribution in [0.15, 0.2) is 65.3 Å². The molecule has 1 amide bonds. The second-order valence-corrected chi connectivity index (χ2v) is 6.87. The summed E-state index contributed by atoms with van der Waals surface area (Å²) in [4.78, 5) is 16.9. The van der Waals surface area contributed by atoms with Crippen LogP contribution in [0.25, 0.3) is 11.0 Å². The number of hydrogen-bond acceptors (Lipinski definition) is 4. The van der Waals surface area contributed by atoms with E-state index in [-0.39, 0.29) is 11.7 Å². The van der Waals surface area contributed by atoms with Gasteiger partial charge in [0.1, 0.15) is 18.2 Å².